The highest BCUT2D eigenvalue weighted by molar-refractivity contribution is 7.17. The van der Waals surface area contributed by atoms with Gasteiger partial charge in [0.25, 0.3) is 0 Å². The monoisotopic (exact) mass is 430 g/mol. The molecule has 0 bridgehead atoms. The number of hydrogen-bond acceptors (Lipinski definition) is 5. The van der Waals surface area contributed by atoms with Crippen molar-refractivity contribution in [2.75, 3.05) is 31.6 Å². The Balaban J connectivity index is 1.60. The van der Waals surface area contributed by atoms with Crippen molar-refractivity contribution < 1.29 is 14.3 Å². The summed E-state index contributed by atoms with van der Waals surface area (Å²) in [5.41, 5.74) is 2.21. The second-order valence-corrected chi connectivity index (χ2v) is 9.55. The van der Waals surface area contributed by atoms with Gasteiger partial charge in [-0.3, -0.25) is 9.59 Å². The van der Waals surface area contributed by atoms with Crippen LogP contribution in [0, 0.1) is 5.92 Å². The van der Waals surface area contributed by atoms with Crippen LogP contribution in [0.15, 0.2) is 23.6 Å². The number of ether oxygens (including phenoxy) is 1. The van der Waals surface area contributed by atoms with E-state index in [4.69, 9.17) is 4.74 Å². The molecule has 1 aromatic carbocycles. The minimum Gasteiger partial charge on any atom is -0.466 e. The van der Waals surface area contributed by atoms with Gasteiger partial charge < -0.3 is 15.0 Å². The summed E-state index contributed by atoms with van der Waals surface area (Å²) in [5.74, 6) is 0.831. The molecule has 30 heavy (non-hydrogen) atoms. The lowest BCUT2D eigenvalue weighted by atomic mass is 9.89. The number of carbonyl (C=O) groups excluding carboxylic acids is 2. The smallest absolute Gasteiger partial charge is 0.306 e. The maximum absolute atomic E-state index is 12.3. The van der Waals surface area contributed by atoms with Crippen molar-refractivity contribution in [2.24, 2.45) is 5.92 Å². The van der Waals surface area contributed by atoms with E-state index in [1.54, 1.807) is 11.3 Å². The van der Waals surface area contributed by atoms with Crippen LogP contribution in [0.3, 0.4) is 0 Å². The number of amides is 1. The molecule has 0 saturated carbocycles. The third-order valence-electron chi connectivity index (χ3n) is 5.56. The quantitative estimate of drug-likeness (QED) is 0.541. The lowest BCUT2D eigenvalue weighted by Crippen LogP contribution is -2.35. The molecule has 1 aliphatic rings. The number of nitrogens with zero attached hydrogens (tertiary/aromatic N) is 1. The van der Waals surface area contributed by atoms with Crippen LogP contribution in [0.5, 0.6) is 0 Å². The highest BCUT2D eigenvalue weighted by Crippen LogP contribution is 2.38. The van der Waals surface area contributed by atoms with Crippen LogP contribution in [-0.4, -0.2) is 43.0 Å². The highest BCUT2D eigenvalue weighted by atomic mass is 32.1. The van der Waals surface area contributed by atoms with E-state index in [0.717, 1.165) is 25.2 Å². The predicted molar refractivity (Wildman–Crippen MR) is 124 cm³/mol. The molecule has 1 saturated heterocycles. The van der Waals surface area contributed by atoms with E-state index >= 15 is 0 Å². The summed E-state index contributed by atoms with van der Waals surface area (Å²) in [4.78, 5) is 26.4. The van der Waals surface area contributed by atoms with Crippen molar-refractivity contribution in [3.05, 3.63) is 29.1 Å². The maximum Gasteiger partial charge on any atom is 0.306 e. The minimum absolute atomic E-state index is 0.118. The average Bonchev–Trinajstić information content (AvgIpc) is 3.14. The molecule has 6 heteroatoms. The predicted octanol–water partition coefficient (Wildman–Crippen LogP) is 5.41. The van der Waals surface area contributed by atoms with E-state index in [9.17, 15) is 9.59 Å². The number of fused-ring (bicyclic) bond motifs is 1. The molecule has 2 aromatic rings. The van der Waals surface area contributed by atoms with E-state index < -0.39 is 0 Å². The Labute approximate surface area is 183 Å². The zero-order valence-corrected chi connectivity index (χ0v) is 19.2. The Morgan fingerprint density at radius 1 is 1.23 bits per heavy atom. The van der Waals surface area contributed by atoms with E-state index in [1.165, 1.54) is 35.0 Å². The number of benzene rings is 1. The first-order chi connectivity index (χ1) is 14.5. The lowest BCUT2D eigenvalue weighted by molar-refractivity contribution is -0.144. The van der Waals surface area contributed by atoms with Gasteiger partial charge in [0, 0.05) is 23.4 Å². The van der Waals surface area contributed by atoms with Crippen molar-refractivity contribution in [2.45, 2.75) is 58.8 Å². The number of esters is 1. The molecule has 0 radical (unpaired) electrons. The summed E-state index contributed by atoms with van der Waals surface area (Å²) in [6.45, 7) is 10.4. The Morgan fingerprint density at radius 3 is 2.70 bits per heavy atom. The number of thiophene rings is 1. The summed E-state index contributed by atoms with van der Waals surface area (Å²) in [6.07, 6.45) is 3.43. The fourth-order valence-electron chi connectivity index (χ4n) is 4.11. The summed E-state index contributed by atoms with van der Waals surface area (Å²) in [6, 6.07) is 6.12. The Hall–Kier alpha value is -1.92. The number of rotatable bonds is 9. The van der Waals surface area contributed by atoms with Gasteiger partial charge in [0.1, 0.15) is 0 Å². The van der Waals surface area contributed by atoms with E-state index in [0.29, 0.717) is 18.4 Å². The molecule has 3 rings (SSSR count). The first kappa shape index (κ1) is 22.8. The molecule has 1 fully saturated rings. The van der Waals surface area contributed by atoms with Crippen molar-refractivity contribution in [3.63, 3.8) is 0 Å². The third kappa shape index (κ3) is 6.29. The average molecular weight is 431 g/mol. The molecule has 164 valence electrons. The van der Waals surface area contributed by atoms with Gasteiger partial charge in [-0.25, -0.2) is 0 Å². The lowest BCUT2D eigenvalue weighted by Gasteiger charge is -2.33. The van der Waals surface area contributed by atoms with Gasteiger partial charge in [-0.1, -0.05) is 20.8 Å². The molecular weight excluding hydrogens is 396 g/mol. The molecule has 0 aliphatic carbocycles. The zero-order chi connectivity index (χ0) is 21.5. The zero-order valence-electron chi connectivity index (χ0n) is 18.4. The molecule has 2 heterocycles. The fraction of sp³-hybridized carbons (Fsp3) is 0.583. The van der Waals surface area contributed by atoms with Crippen molar-refractivity contribution >= 4 is 39.0 Å². The third-order valence-corrected chi connectivity index (χ3v) is 6.54. The van der Waals surface area contributed by atoms with E-state index in [2.05, 4.69) is 41.6 Å². The minimum atomic E-state index is -0.314. The summed E-state index contributed by atoms with van der Waals surface area (Å²) >= 11 is 1.78. The van der Waals surface area contributed by atoms with Gasteiger partial charge in [-0.2, -0.15) is 0 Å². The second kappa shape index (κ2) is 10.9. The molecule has 5 nitrogen and oxygen atoms in total. The topological polar surface area (TPSA) is 58.6 Å². The van der Waals surface area contributed by atoms with Crippen LogP contribution >= 0.6 is 11.3 Å². The number of likely N-dealkylation sites (tertiary alicyclic amines) is 1. The molecule has 0 atom stereocenters. The standard InChI is InChI=1S/C24H34N2O3S/c1-4-13-29-24(28)8-7-23(27)25-19-5-6-22-20(14-19)21(16-30-22)18-9-11-26(12-10-18)15-17(2)3/h5-6,14,16-18H,4,7-13,15H2,1-3H3,(H,25,27). The Kier molecular flexibility index (Phi) is 8.28. The van der Waals surface area contributed by atoms with E-state index in [1.807, 2.05) is 13.0 Å². The first-order valence-electron chi connectivity index (χ1n) is 11.1. The molecule has 1 amide bonds. The fourth-order valence-corrected chi connectivity index (χ4v) is 5.14. The number of piperidine rings is 1. The maximum atomic E-state index is 12.3. The molecule has 0 spiro atoms. The van der Waals surface area contributed by atoms with Crippen LogP contribution in [0.4, 0.5) is 5.69 Å². The SMILES string of the molecule is CCCOC(=O)CCC(=O)Nc1ccc2scc(C3CCN(CC(C)C)CC3)c2c1. The van der Waals surface area contributed by atoms with Gasteiger partial charge >= 0.3 is 5.97 Å². The Morgan fingerprint density at radius 2 is 2.00 bits per heavy atom. The van der Waals surface area contributed by atoms with Crippen LogP contribution in [0.2, 0.25) is 0 Å². The number of nitrogens with one attached hydrogen (secondary N) is 1. The van der Waals surface area contributed by atoms with Crippen LogP contribution in [0.25, 0.3) is 10.1 Å². The van der Waals surface area contributed by atoms with Gasteiger partial charge in [-0.05, 0) is 78.7 Å². The normalized spacial score (nSPS) is 15.6. The number of carbonyl (C=O) groups is 2. The van der Waals surface area contributed by atoms with Gasteiger partial charge in [-0.15, -0.1) is 11.3 Å². The van der Waals surface area contributed by atoms with Crippen LogP contribution < -0.4 is 5.32 Å². The Bertz CT molecular complexity index is 853. The van der Waals surface area contributed by atoms with E-state index in [-0.39, 0.29) is 24.7 Å². The highest BCUT2D eigenvalue weighted by Gasteiger charge is 2.23. The summed E-state index contributed by atoms with van der Waals surface area (Å²) < 4.78 is 6.29. The van der Waals surface area contributed by atoms with Crippen LogP contribution in [0.1, 0.15) is 64.4 Å². The number of anilines is 1. The van der Waals surface area contributed by atoms with Crippen molar-refractivity contribution in [1.29, 1.82) is 0 Å². The van der Waals surface area contributed by atoms with Gasteiger partial charge in [0.15, 0.2) is 0 Å². The van der Waals surface area contributed by atoms with Crippen LogP contribution in [-0.2, 0) is 14.3 Å². The second-order valence-electron chi connectivity index (χ2n) is 8.64. The van der Waals surface area contributed by atoms with Crippen molar-refractivity contribution in [3.8, 4) is 0 Å². The largest absolute Gasteiger partial charge is 0.466 e. The van der Waals surface area contributed by atoms with Gasteiger partial charge in [0.2, 0.25) is 5.91 Å². The molecule has 1 aliphatic heterocycles. The number of hydrogen-bond donors (Lipinski definition) is 1. The van der Waals surface area contributed by atoms with Crippen molar-refractivity contribution in [1.82, 2.24) is 4.90 Å². The molecule has 1 aromatic heterocycles. The summed E-state index contributed by atoms with van der Waals surface area (Å²) in [7, 11) is 0. The molecule has 1 N–H and O–H groups in total. The molecule has 0 unspecified atom stereocenters. The first-order valence-corrected chi connectivity index (χ1v) is 12.0. The molecular formula is C24H34N2O3S. The summed E-state index contributed by atoms with van der Waals surface area (Å²) in [5, 5.41) is 6.49. The van der Waals surface area contributed by atoms with Gasteiger partial charge in [0.05, 0.1) is 13.0 Å².